The Balaban J connectivity index is 4.52. The summed E-state index contributed by atoms with van der Waals surface area (Å²) in [4.78, 5) is 38.2. The second-order valence-electron chi connectivity index (χ2n) is 19.5. The van der Waals surface area contributed by atoms with Crippen molar-refractivity contribution >= 4 is 17.9 Å². The molecule has 0 saturated carbocycles. The van der Waals surface area contributed by atoms with Crippen LogP contribution in [0.15, 0.2) is 146 Å². The topological polar surface area (TPSA) is 78.9 Å². The second-order valence-corrected chi connectivity index (χ2v) is 19.5. The highest BCUT2D eigenvalue weighted by Gasteiger charge is 2.19. The molecule has 0 aromatic heterocycles. The summed E-state index contributed by atoms with van der Waals surface area (Å²) in [5.74, 6) is -1.01. The summed E-state index contributed by atoms with van der Waals surface area (Å²) in [6.45, 7) is 6.34. The smallest absolute Gasteiger partial charge is 0.306 e. The molecule has 6 heteroatoms. The van der Waals surface area contributed by atoms with Crippen molar-refractivity contribution in [3.63, 3.8) is 0 Å². The molecule has 0 aliphatic rings. The lowest BCUT2D eigenvalue weighted by Gasteiger charge is -2.18. The number of allylic oxidation sites excluding steroid dienone is 24. The summed E-state index contributed by atoms with van der Waals surface area (Å²) in [5.41, 5.74) is 0. The van der Waals surface area contributed by atoms with Crippen LogP contribution in [0.25, 0.3) is 0 Å². The van der Waals surface area contributed by atoms with Crippen LogP contribution in [-0.2, 0) is 28.6 Å². The molecule has 0 saturated heterocycles. The van der Waals surface area contributed by atoms with Crippen LogP contribution in [0.2, 0.25) is 0 Å². The minimum absolute atomic E-state index is 0.115. The SMILES string of the molecule is CC/C=C\C/C=C\C/C=C\C/C=C\C/C=C\C/C=C\C/C=C\CCCCCC(=O)OCC(COC(=O)CCCCCCCCCCCCCCCCC)OC(=O)CCC/C=C\C/C=C\C/C=C\C/C=C\C/C=C\CC. The van der Waals surface area contributed by atoms with Gasteiger partial charge < -0.3 is 14.2 Å². The van der Waals surface area contributed by atoms with E-state index in [0.29, 0.717) is 19.3 Å². The molecular weight excluding hydrogens is 925 g/mol. The molecule has 0 amide bonds. The van der Waals surface area contributed by atoms with Crippen molar-refractivity contribution in [2.75, 3.05) is 13.2 Å². The van der Waals surface area contributed by atoms with Gasteiger partial charge in [0, 0.05) is 19.3 Å². The van der Waals surface area contributed by atoms with Crippen LogP contribution in [0.5, 0.6) is 0 Å². The first-order valence-electron chi connectivity index (χ1n) is 30.3. The van der Waals surface area contributed by atoms with E-state index in [1.807, 2.05) is 0 Å². The zero-order chi connectivity index (χ0) is 54.3. The van der Waals surface area contributed by atoms with Gasteiger partial charge in [-0.3, -0.25) is 14.4 Å². The van der Waals surface area contributed by atoms with Gasteiger partial charge in [-0.2, -0.15) is 0 Å². The zero-order valence-electron chi connectivity index (χ0n) is 48.3. The molecule has 75 heavy (non-hydrogen) atoms. The molecule has 1 atom stereocenters. The number of rotatable bonds is 53. The molecule has 0 spiro atoms. The normalized spacial score (nSPS) is 13.2. The van der Waals surface area contributed by atoms with Gasteiger partial charge in [-0.1, -0.05) is 263 Å². The summed E-state index contributed by atoms with van der Waals surface area (Å²) in [6.07, 6.45) is 88.5. The van der Waals surface area contributed by atoms with Crippen LogP contribution in [-0.4, -0.2) is 37.2 Å². The predicted octanol–water partition coefficient (Wildman–Crippen LogP) is 20.8. The minimum Gasteiger partial charge on any atom is -0.462 e. The number of unbranched alkanes of at least 4 members (excludes halogenated alkanes) is 18. The van der Waals surface area contributed by atoms with E-state index < -0.39 is 6.10 Å². The van der Waals surface area contributed by atoms with E-state index in [9.17, 15) is 14.4 Å². The quantitative estimate of drug-likeness (QED) is 0.0261. The summed E-state index contributed by atoms with van der Waals surface area (Å²) in [5, 5.41) is 0. The van der Waals surface area contributed by atoms with Crippen molar-refractivity contribution in [2.45, 2.75) is 258 Å². The van der Waals surface area contributed by atoms with Crippen molar-refractivity contribution in [1.82, 2.24) is 0 Å². The van der Waals surface area contributed by atoms with Crippen molar-refractivity contribution in [3.05, 3.63) is 146 Å². The van der Waals surface area contributed by atoms with Gasteiger partial charge in [-0.15, -0.1) is 0 Å². The molecule has 0 aliphatic heterocycles. The molecule has 0 aromatic rings. The number of esters is 3. The number of hydrogen-bond donors (Lipinski definition) is 0. The first-order valence-corrected chi connectivity index (χ1v) is 30.3. The van der Waals surface area contributed by atoms with Gasteiger partial charge in [0.05, 0.1) is 0 Å². The summed E-state index contributed by atoms with van der Waals surface area (Å²) in [6, 6.07) is 0. The third kappa shape index (κ3) is 60.0. The van der Waals surface area contributed by atoms with Crippen LogP contribution in [0.3, 0.4) is 0 Å². The first-order chi connectivity index (χ1) is 37.0. The van der Waals surface area contributed by atoms with Gasteiger partial charge in [0.25, 0.3) is 0 Å². The van der Waals surface area contributed by atoms with Crippen molar-refractivity contribution < 1.29 is 28.6 Å². The van der Waals surface area contributed by atoms with Crippen LogP contribution in [0.1, 0.15) is 252 Å². The molecule has 0 bridgehead atoms. The monoisotopic (exact) mass is 1030 g/mol. The highest BCUT2D eigenvalue weighted by Crippen LogP contribution is 2.15. The van der Waals surface area contributed by atoms with Gasteiger partial charge in [0.2, 0.25) is 0 Å². The minimum atomic E-state index is -0.827. The van der Waals surface area contributed by atoms with E-state index in [0.717, 1.165) is 128 Å². The summed E-state index contributed by atoms with van der Waals surface area (Å²) >= 11 is 0. The maximum absolute atomic E-state index is 12.9. The molecule has 1 unspecified atom stereocenters. The second kappa shape index (κ2) is 61.8. The lowest BCUT2D eigenvalue weighted by atomic mass is 10.0. The van der Waals surface area contributed by atoms with Crippen LogP contribution >= 0.6 is 0 Å². The number of carbonyl (C=O) groups excluding carboxylic acids is 3. The Morgan fingerprint density at radius 2 is 0.533 bits per heavy atom. The van der Waals surface area contributed by atoms with Gasteiger partial charge in [0.15, 0.2) is 6.10 Å². The average Bonchev–Trinajstić information content (AvgIpc) is 3.41. The highest BCUT2D eigenvalue weighted by molar-refractivity contribution is 5.71. The Kier molecular flexibility index (Phi) is 58.0. The molecule has 0 radical (unpaired) electrons. The lowest BCUT2D eigenvalue weighted by molar-refractivity contribution is -0.167. The molecule has 0 fully saturated rings. The lowest BCUT2D eigenvalue weighted by Crippen LogP contribution is -2.30. The fourth-order valence-corrected chi connectivity index (χ4v) is 7.87. The van der Waals surface area contributed by atoms with Crippen LogP contribution in [0, 0.1) is 0 Å². The van der Waals surface area contributed by atoms with Crippen LogP contribution < -0.4 is 0 Å². The van der Waals surface area contributed by atoms with E-state index >= 15 is 0 Å². The fourth-order valence-electron chi connectivity index (χ4n) is 7.87. The van der Waals surface area contributed by atoms with E-state index in [1.165, 1.54) is 77.0 Å². The van der Waals surface area contributed by atoms with E-state index in [-0.39, 0.29) is 37.5 Å². The molecule has 0 aromatic carbocycles. The maximum atomic E-state index is 12.9. The Hall–Kier alpha value is -4.71. The zero-order valence-corrected chi connectivity index (χ0v) is 48.3. The maximum Gasteiger partial charge on any atom is 0.306 e. The van der Waals surface area contributed by atoms with Gasteiger partial charge in [-0.05, 0) is 116 Å². The molecule has 0 aliphatic carbocycles. The predicted molar refractivity (Wildman–Crippen MR) is 325 cm³/mol. The molecule has 0 heterocycles. The fraction of sp³-hybridized carbons (Fsp3) is 0.609. The molecule has 0 rings (SSSR count). The summed E-state index contributed by atoms with van der Waals surface area (Å²) in [7, 11) is 0. The van der Waals surface area contributed by atoms with Crippen molar-refractivity contribution in [3.8, 4) is 0 Å². The van der Waals surface area contributed by atoms with Gasteiger partial charge in [-0.25, -0.2) is 0 Å². The largest absolute Gasteiger partial charge is 0.462 e. The van der Waals surface area contributed by atoms with Gasteiger partial charge in [0.1, 0.15) is 13.2 Å². The Morgan fingerprint density at radius 3 is 0.853 bits per heavy atom. The van der Waals surface area contributed by atoms with E-state index in [4.69, 9.17) is 14.2 Å². The van der Waals surface area contributed by atoms with Crippen molar-refractivity contribution in [1.29, 1.82) is 0 Å². The third-order valence-electron chi connectivity index (χ3n) is 12.3. The molecular formula is C69H110O6. The van der Waals surface area contributed by atoms with Gasteiger partial charge >= 0.3 is 17.9 Å². The number of ether oxygens (including phenoxy) is 3. The highest BCUT2D eigenvalue weighted by atomic mass is 16.6. The summed E-state index contributed by atoms with van der Waals surface area (Å²) < 4.78 is 16.8. The standard InChI is InChI=1S/C69H110O6/c1-4-7-10-13-16-19-22-25-28-30-31-32-33-34-35-36-37-39-41-44-47-50-53-56-59-62-68(71)74-65-66(64-73-67(70)61-58-55-52-49-46-43-40-27-24-21-18-15-12-9-6-3)75-69(72)63-60-57-54-51-48-45-42-38-29-26-23-20-17-14-11-8-5-2/h7-8,10-11,16-17,19-20,25-26,28-29,31-32,34-35,37,39,42,44-45,47,51,54,66H,4-6,9,12-15,18,21-24,27,30,33,36,38,40-41,43,46,48-50,52-53,55-65H2,1-3H3/b10-7-,11-8-,19-16-,20-17-,28-25-,29-26-,32-31-,35-34-,39-37-,45-42-,47-44-,54-51-. The van der Waals surface area contributed by atoms with Crippen LogP contribution in [0.4, 0.5) is 0 Å². The molecule has 0 N–H and O–H groups in total. The Bertz CT molecular complexity index is 1660. The third-order valence-corrected chi connectivity index (χ3v) is 12.3. The molecule has 422 valence electrons. The Labute approximate surface area is 461 Å². The Morgan fingerprint density at radius 1 is 0.280 bits per heavy atom. The average molecular weight is 1040 g/mol. The first kappa shape index (κ1) is 70.3. The number of hydrogen-bond acceptors (Lipinski definition) is 6. The molecule has 6 nitrogen and oxygen atoms in total. The van der Waals surface area contributed by atoms with Crippen molar-refractivity contribution in [2.24, 2.45) is 0 Å². The van der Waals surface area contributed by atoms with E-state index in [2.05, 4.69) is 167 Å². The van der Waals surface area contributed by atoms with E-state index in [1.54, 1.807) is 0 Å². The number of carbonyl (C=O) groups is 3.